The smallest absolute Gasteiger partial charge is 0.147 e. The molecule has 0 aliphatic carbocycles. The minimum atomic E-state index is -2.90. The Morgan fingerprint density at radius 1 is 1.39 bits per heavy atom. The molecule has 0 aliphatic rings. The summed E-state index contributed by atoms with van der Waals surface area (Å²) in [4.78, 5) is 4.24. The molecular weight excluding hydrogens is 252 g/mol. The molecule has 0 saturated carbocycles. The zero-order chi connectivity index (χ0) is 13.4. The number of hydrogen-bond donors (Lipinski definition) is 1. The molecule has 5 nitrogen and oxygen atoms in total. The lowest BCUT2D eigenvalue weighted by atomic mass is 10.3. The largest absolute Gasteiger partial charge is 0.492 e. The van der Waals surface area contributed by atoms with Crippen LogP contribution in [0.4, 0.5) is 0 Å². The van der Waals surface area contributed by atoms with E-state index in [9.17, 15) is 8.42 Å². The van der Waals surface area contributed by atoms with Crippen LogP contribution < -0.4 is 10.1 Å². The highest BCUT2D eigenvalue weighted by molar-refractivity contribution is 7.90. The standard InChI is InChI=1S/C12H20N2O3S/c1-3-13-9-11-5-6-12(10-14-11)17-7-4-8-18(2,15)16/h5-6,10,13H,3-4,7-9H2,1-2H3. The van der Waals surface area contributed by atoms with Gasteiger partial charge in [0.1, 0.15) is 15.6 Å². The van der Waals surface area contributed by atoms with Crippen molar-refractivity contribution in [2.75, 3.05) is 25.2 Å². The van der Waals surface area contributed by atoms with Crippen LogP contribution in [0.2, 0.25) is 0 Å². The predicted molar refractivity (Wildman–Crippen MR) is 71.4 cm³/mol. The van der Waals surface area contributed by atoms with Gasteiger partial charge in [0.25, 0.3) is 0 Å². The molecule has 1 aromatic rings. The molecule has 6 heteroatoms. The van der Waals surface area contributed by atoms with Gasteiger partial charge in [-0.1, -0.05) is 6.92 Å². The quantitative estimate of drug-likeness (QED) is 0.715. The summed E-state index contributed by atoms with van der Waals surface area (Å²) in [6.45, 7) is 4.08. The van der Waals surface area contributed by atoms with Crippen molar-refractivity contribution in [3.63, 3.8) is 0 Å². The van der Waals surface area contributed by atoms with Gasteiger partial charge in [-0.2, -0.15) is 0 Å². The molecule has 18 heavy (non-hydrogen) atoms. The maximum absolute atomic E-state index is 10.9. The van der Waals surface area contributed by atoms with Gasteiger partial charge >= 0.3 is 0 Å². The SMILES string of the molecule is CCNCc1ccc(OCCCS(C)(=O)=O)cn1. The van der Waals surface area contributed by atoms with Crippen molar-refractivity contribution >= 4 is 9.84 Å². The molecule has 0 saturated heterocycles. The fourth-order valence-electron chi connectivity index (χ4n) is 1.37. The maximum atomic E-state index is 10.9. The van der Waals surface area contributed by atoms with Crippen LogP contribution in [0.25, 0.3) is 0 Å². The van der Waals surface area contributed by atoms with E-state index in [0.29, 0.717) is 18.8 Å². The number of nitrogens with zero attached hydrogens (tertiary/aromatic N) is 1. The van der Waals surface area contributed by atoms with Crippen molar-refractivity contribution in [1.29, 1.82) is 0 Å². The van der Waals surface area contributed by atoms with Gasteiger partial charge in [0.05, 0.1) is 24.3 Å². The molecule has 102 valence electrons. The summed E-state index contributed by atoms with van der Waals surface area (Å²) in [5.74, 6) is 0.822. The van der Waals surface area contributed by atoms with E-state index in [0.717, 1.165) is 18.8 Å². The zero-order valence-electron chi connectivity index (χ0n) is 10.8. The van der Waals surface area contributed by atoms with E-state index in [2.05, 4.69) is 10.3 Å². The number of rotatable bonds is 8. The summed E-state index contributed by atoms with van der Waals surface area (Å²) in [5, 5.41) is 3.18. The second kappa shape index (κ2) is 7.33. The fraction of sp³-hybridized carbons (Fsp3) is 0.583. The molecule has 0 aromatic carbocycles. The Labute approximate surface area is 108 Å². The minimum Gasteiger partial charge on any atom is -0.492 e. The van der Waals surface area contributed by atoms with Crippen LogP contribution in [-0.2, 0) is 16.4 Å². The molecule has 0 bridgehead atoms. The summed E-state index contributed by atoms with van der Waals surface area (Å²) >= 11 is 0. The molecule has 0 radical (unpaired) electrons. The first-order valence-corrected chi connectivity index (χ1v) is 8.03. The molecule has 1 aromatic heterocycles. The summed E-state index contributed by atoms with van der Waals surface area (Å²) in [6, 6.07) is 3.74. The van der Waals surface area contributed by atoms with Gasteiger partial charge in [0.15, 0.2) is 0 Å². The molecular formula is C12H20N2O3S. The van der Waals surface area contributed by atoms with Crippen molar-refractivity contribution in [1.82, 2.24) is 10.3 Å². The number of sulfone groups is 1. The van der Waals surface area contributed by atoms with Crippen molar-refractivity contribution in [3.8, 4) is 5.75 Å². The molecule has 1 N–H and O–H groups in total. The predicted octanol–water partition coefficient (Wildman–Crippen LogP) is 1.00. The number of nitrogens with one attached hydrogen (secondary N) is 1. The number of ether oxygens (including phenoxy) is 1. The second-order valence-corrected chi connectivity index (χ2v) is 6.36. The normalized spacial score (nSPS) is 11.4. The topological polar surface area (TPSA) is 68.3 Å². The summed E-state index contributed by atoms with van der Waals surface area (Å²) in [5.41, 5.74) is 0.959. The van der Waals surface area contributed by atoms with E-state index < -0.39 is 9.84 Å². The molecule has 0 amide bonds. The van der Waals surface area contributed by atoms with Gasteiger partial charge in [-0.25, -0.2) is 8.42 Å². The van der Waals surface area contributed by atoms with Gasteiger partial charge in [-0.3, -0.25) is 4.98 Å². The van der Waals surface area contributed by atoms with E-state index in [4.69, 9.17) is 4.74 Å². The van der Waals surface area contributed by atoms with E-state index >= 15 is 0 Å². The van der Waals surface area contributed by atoms with Crippen LogP contribution >= 0.6 is 0 Å². The van der Waals surface area contributed by atoms with Crippen LogP contribution in [0.3, 0.4) is 0 Å². The second-order valence-electron chi connectivity index (χ2n) is 4.10. The Morgan fingerprint density at radius 3 is 2.72 bits per heavy atom. The Balaban J connectivity index is 2.31. The summed E-state index contributed by atoms with van der Waals surface area (Å²) < 4.78 is 27.2. The Bertz CT molecular complexity index is 443. The third kappa shape index (κ3) is 6.56. The highest BCUT2D eigenvalue weighted by atomic mass is 32.2. The van der Waals surface area contributed by atoms with Crippen LogP contribution in [-0.4, -0.2) is 38.6 Å². The fourth-order valence-corrected chi connectivity index (χ4v) is 2.01. The third-order valence-electron chi connectivity index (χ3n) is 2.28. The van der Waals surface area contributed by atoms with Crippen LogP contribution in [0, 0.1) is 0 Å². The molecule has 0 unspecified atom stereocenters. The van der Waals surface area contributed by atoms with Gasteiger partial charge in [0.2, 0.25) is 0 Å². The van der Waals surface area contributed by atoms with Crippen molar-refractivity contribution in [3.05, 3.63) is 24.0 Å². The molecule has 0 atom stereocenters. The minimum absolute atomic E-state index is 0.152. The Morgan fingerprint density at radius 2 is 2.17 bits per heavy atom. The highest BCUT2D eigenvalue weighted by Crippen LogP contribution is 2.09. The molecule has 0 spiro atoms. The molecule has 1 rings (SSSR count). The Kier molecular flexibility index (Phi) is 6.07. The van der Waals surface area contributed by atoms with Gasteiger partial charge in [-0.05, 0) is 25.1 Å². The monoisotopic (exact) mass is 272 g/mol. The molecule has 1 heterocycles. The van der Waals surface area contributed by atoms with Gasteiger partial charge in [-0.15, -0.1) is 0 Å². The van der Waals surface area contributed by atoms with Gasteiger partial charge in [0, 0.05) is 12.8 Å². The van der Waals surface area contributed by atoms with E-state index in [1.165, 1.54) is 6.26 Å². The van der Waals surface area contributed by atoms with E-state index in [1.807, 2.05) is 19.1 Å². The van der Waals surface area contributed by atoms with E-state index in [1.54, 1.807) is 6.20 Å². The molecule has 0 aliphatic heterocycles. The van der Waals surface area contributed by atoms with Crippen molar-refractivity contribution in [2.45, 2.75) is 19.9 Å². The number of pyridine rings is 1. The average Bonchev–Trinajstić information content (AvgIpc) is 2.32. The lowest BCUT2D eigenvalue weighted by Crippen LogP contribution is -2.12. The lowest BCUT2D eigenvalue weighted by molar-refractivity contribution is 0.316. The lowest BCUT2D eigenvalue weighted by Gasteiger charge is -2.06. The molecule has 0 fully saturated rings. The van der Waals surface area contributed by atoms with Crippen molar-refractivity contribution < 1.29 is 13.2 Å². The number of aromatic nitrogens is 1. The van der Waals surface area contributed by atoms with Crippen molar-refractivity contribution in [2.24, 2.45) is 0 Å². The van der Waals surface area contributed by atoms with Crippen LogP contribution in [0.5, 0.6) is 5.75 Å². The first kappa shape index (κ1) is 14.9. The average molecular weight is 272 g/mol. The third-order valence-corrected chi connectivity index (χ3v) is 3.31. The van der Waals surface area contributed by atoms with Crippen LogP contribution in [0.15, 0.2) is 18.3 Å². The maximum Gasteiger partial charge on any atom is 0.147 e. The van der Waals surface area contributed by atoms with Crippen LogP contribution in [0.1, 0.15) is 19.0 Å². The number of hydrogen-bond acceptors (Lipinski definition) is 5. The zero-order valence-corrected chi connectivity index (χ0v) is 11.7. The Hall–Kier alpha value is -1.14. The van der Waals surface area contributed by atoms with Gasteiger partial charge < -0.3 is 10.1 Å². The first-order chi connectivity index (χ1) is 8.51. The summed E-state index contributed by atoms with van der Waals surface area (Å²) in [7, 11) is -2.90. The summed E-state index contributed by atoms with van der Waals surface area (Å²) in [6.07, 6.45) is 3.38. The highest BCUT2D eigenvalue weighted by Gasteiger charge is 2.02. The first-order valence-electron chi connectivity index (χ1n) is 5.97. The van der Waals surface area contributed by atoms with E-state index in [-0.39, 0.29) is 5.75 Å².